The van der Waals surface area contributed by atoms with Crippen LogP contribution in [-0.4, -0.2) is 0 Å². The van der Waals surface area contributed by atoms with Crippen LogP contribution >= 0.6 is 0 Å². The first kappa shape index (κ1) is 18.0. The Morgan fingerprint density at radius 3 is 1.17 bits per heavy atom. The predicted molar refractivity (Wildman–Crippen MR) is 85.1 cm³/mol. The molecule has 0 saturated heterocycles. The van der Waals surface area contributed by atoms with Gasteiger partial charge in [0, 0.05) is 0 Å². The molecule has 110 valence electrons. The molecule has 0 aromatic carbocycles. The van der Waals surface area contributed by atoms with Crippen LogP contribution in [0.3, 0.4) is 0 Å². The van der Waals surface area contributed by atoms with E-state index < -0.39 is 0 Å². The first-order chi connectivity index (χ1) is 8.66. The fourth-order valence-electron chi connectivity index (χ4n) is 2.37. The third-order valence-corrected chi connectivity index (χ3v) is 4.21. The molecule has 0 aromatic heterocycles. The maximum Gasteiger partial charge on any atom is -0.0443 e. The third-order valence-electron chi connectivity index (χ3n) is 4.21. The average molecular weight is 255 g/mol. The van der Waals surface area contributed by atoms with Gasteiger partial charge >= 0.3 is 0 Å². The van der Waals surface area contributed by atoms with Crippen molar-refractivity contribution in [3.8, 4) is 0 Å². The van der Waals surface area contributed by atoms with E-state index in [0.29, 0.717) is 0 Å². The van der Waals surface area contributed by atoms with Crippen molar-refractivity contribution in [1.82, 2.24) is 0 Å². The van der Waals surface area contributed by atoms with Crippen molar-refractivity contribution in [2.24, 2.45) is 11.8 Å². The SMILES string of the molecule is C1CCCCC1.CC1CCCCC1.CCC(C)C. The molecule has 0 aliphatic heterocycles. The summed E-state index contributed by atoms with van der Waals surface area (Å²) in [4.78, 5) is 0. The molecule has 0 unspecified atom stereocenters. The highest BCUT2D eigenvalue weighted by atomic mass is 14.1. The van der Waals surface area contributed by atoms with Gasteiger partial charge in [-0.25, -0.2) is 0 Å². The Morgan fingerprint density at radius 2 is 1.00 bits per heavy atom. The van der Waals surface area contributed by atoms with Crippen molar-refractivity contribution >= 4 is 0 Å². The Kier molecular flexibility index (Phi) is 13.4. The van der Waals surface area contributed by atoms with Crippen molar-refractivity contribution in [2.45, 2.75) is 105 Å². The Labute approximate surface area is 117 Å². The fourth-order valence-corrected chi connectivity index (χ4v) is 2.37. The Morgan fingerprint density at radius 1 is 0.722 bits per heavy atom. The van der Waals surface area contributed by atoms with E-state index in [-0.39, 0.29) is 0 Å². The standard InChI is InChI=1S/C7H14.C6H12.C5H12/c1-7-5-3-2-4-6-7;1-2-4-6-5-3-1;1-4-5(2)3/h7H,2-6H2,1H3;1-6H2;5H,4H2,1-3H3. The second-order valence-electron chi connectivity index (χ2n) is 6.67. The molecule has 2 fully saturated rings. The van der Waals surface area contributed by atoms with Gasteiger partial charge in [0.15, 0.2) is 0 Å². The third kappa shape index (κ3) is 14.1. The van der Waals surface area contributed by atoms with Gasteiger partial charge in [0.2, 0.25) is 0 Å². The molecule has 0 amide bonds. The van der Waals surface area contributed by atoms with E-state index in [4.69, 9.17) is 0 Å². The van der Waals surface area contributed by atoms with Crippen molar-refractivity contribution in [1.29, 1.82) is 0 Å². The molecule has 2 aliphatic carbocycles. The van der Waals surface area contributed by atoms with Gasteiger partial charge in [-0.3, -0.25) is 0 Å². The van der Waals surface area contributed by atoms with Gasteiger partial charge in [-0.15, -0.1) is 0 Å². The van der Waals surface area contributed by atoms with E-state index in [2.05, 4.69) is 27.7 Å². The molecule has 0 radical (unpaired) electrons. The zero-order valence-electron chi connectivity index (χ0n) is 13.6. The van der Waals surface area contributed by atoms with Crippen LogP contribution < -0.4 is 0 Å². The van der Waals surface area contributed by atoms with Crippen molar-refractivity contribution in [3.63, 3.8) is 0 Å². The molecule has 0 N–H and O–H groups in total. The summed E-state index contributed by atoms with van der Waals surface area (Å²) in [6.07, 6.45) is 17.7. The quantitative estimate of drug-likeness (QED) is 0.473. The van der Waals surface area contributed by atoms with Crippen LogP contribution in [0.25, 0.3) is 0 Å². The molecule has 0 atom stereocenters. The lowest BCUT2D eigenvalue weighted by molar-refractivity contribution is 0.385. The minimum atomic E-state index is 0.884. The van der Waals surface area contributed by atoms with Crippen LogP contribution in [0, 0.1) is 11.8 Å². The van der Waals surface area contributed by atoms with Gasteiger partial charge in [0.05, 0.1) is 0 Å². The lowest BCUT2D eigenvalue weighted by Crippen LogP contribution is -1.99. The Hall–Kier alpha value is 0. The second-order valence-corrected chi connectivity index (χ2v) is 6.67. The highest BCUT2D eigenvalue weighted by Crippen LogP contribution is 2.22. The van der Waals surface area contributed by atoms with E-state index >= 15 is 0 Å². The number of hydrogen-bond acceptors (Lipinski definition) is 0. The maximum absolute atomic E-state index is 2.36. The molecule has 0 heteroatoms. The molecular formula is C18H38. The average Bonchev–Trinajstić information content (AvgIpc) is 2.43. The summed E-state index contributed by atoms with van der Waals surface area (Å²) in [5, 5.41) is 0. The molecule has 18 heavy (non-hydrogen) atoms. The van der Waals surface area contributed by atoms with Gasteiger partial charge in [-0.1, -0.05) is 105 Å². The van der Waals surface area contributed by atoms with E-state index in [9.17, 15) is 0 Å². The van der Waals surface area contributed by atoms with Crippen LogP contribution in [0.2, 0.25) is 0 Å². The van der Waals surface area contributed by atoms with Gasteiger partial charge in [0.25, 0.3) is 0 Å². The monoisotopic (exact) mass is 254 g/mol. The fraction of sp³-hybridized carbons (Fsp3) is 1.00. The normalized spacial score (nSPS) is 20.5. The van der Waals surface area contributed by atoms with Gasteiger partial charge in [0.1, 0.15) is 0 Å². The topological polar surface area (TPSA) is 0 Å². The summed E-state index contributed by atoms with van der Waals surface area (Å²) in [6, 6.07) is 0. The molecule has 0 aromatic rings. The van der Waals surface area contributed by atoms with Gasteiger partial charge in [-0.2, -0.15) is 0 Å². The molecule has 0 bridgehead atoms. The van der Waals surface area contributed by atoms with Crippen molar-refractivity contribution < 1.29 is 0 Å². The van der Waals surface area contributed by atoms with Crippen molar-refractivity contribution in [3.05, 3.63) is 0 Å². The van der Waals surface area contributed by atoms with E-state index in [1.54, 1.807) is 0 Å². The van der Waals surface area contributed by atoms with Crippen LogP contribution in [-0.2, 0) is 0 Å². The minimum Gasteiger partial charge on any atom is -0.0651 e. The number of hydrogen-bond donors (Lipinski definition) is 0. The van der Waals surface area contributed by atoms with Crippen LogP contribution in [0.5, 0.6) is 0 Å². The molecule has 0 nitrogen and oxygen atoms in total. The first-order valence-corrected chi connectivity index (χ1v) is 8.66. The van der Waals surface area contributed by atoms with E-state index in [1.807, 2.05) is 0 Å². The highest BCUT2D eigenvalue weighted by molar-refractivity contribution is 4.59. The smallest absolute Gasteiger partial charge is 0.0443 e. The zero-order chi connectivity index (χ0) is 13.6. The lowest BCUT2D eigenvalue weighted by Gasteiger charge is -2.15. The highest BCUT2D eigenvalue weighted by Gasteiger charge is 2.05. The van der Waals surface area contributed by atoms with Crippen molar-refractivity contribution in [2.75, 3.05) is 0 Å². The summed E-state index contributed by atoms with van der Waals surface area (Å²) < 4.78 is 0. The molecule has 0 heterocycles. The summed E-state index contributed by atoms with van der Waals surface area (Å²) in [5.74, 6) is 1.92. The molecular weight excluding hydrogens is 216 g/mol. The largest absolute Gasteiger partial charge is 0.0651 e. The van der Waals surface area contributed by atoms with Gasteiger partial charge < -0.3 is 0 Å². The first-order valence-electron chi connectivity index (χ1n) is 8.66. The van der Waals surface area contributed by atoms with Crippen LogP contribution in [0.4, 0.5) is 0 Å². The molecule has 2 rings (SSSR count). The summed E-state index contributed by atoms with van der Waals surface area (Å²) in [7, 11) is 0. The molecule has 2 saturated carbocycles. The van der Waals surface area contributed by atoms with E-state index in [1.165, 1.54) is 77.0 Å². The Balaban J connectivity index is 0.000000245. The summed E-state index contributed by atoms with van der Waals surface area (Å²) in [5.41, 5.74) is 0. The van der Waals surface area contributed by atoms with Crippen LogP contribution in [0.1, 0.15) is 105 Å². The minimum absolute atomic E-state index is 0.884. The Bertz CT molecular complexity index is 127. The predicted octanol–water partition coefficient (Wildman–Crippen LogP) is 6.98. The number of rotatable bonds is 1. The van der Waals surface area contributed by atoms with E-state index in [0.717, 1.165) is 11.8 Å². The summed E-state index contributed by atoms with van der Waals surface area (Å²) in [6.45, 7) is 9.00. The second kappa shape index (κ2) is 13.4. The molecule has 0 spiro atoms. The lowest BCUT2D eigenvalue weighted by atomic mass is 9.91. The van der Waals surface area contributed by atoms with Crippen LogP contribution in [0.15, 0.2) is 0 Å². The zero-order valence-corrected chi connectivity index (χ0v) is 13.6. The maximum atomic E-state index is 2.36. The summed E-state index contributed by atoms with van der Waals surface area (Å²) >= 11 is 0. The molecule has 2 aliphatic rings. The van der Waals surface area contributed by atoms with Gasteiger partial charge in [-0.05, 0) is 11.8 Å².